The lowest BCUT2D eigenvalue weighted by molar-refractivity contribution is 0.254. The molecule has 0 spiro atoms. The molecule has 16 heavy (non-hydrogen) atoms. The van der Waals surface area contributed by atoms with Crippen LogP contribution in [0.4, 0.5) is 17.1 Å². The molecule has 0 aliphatic carbocycles. The van der Waals surface area contributed by atoms with Crippen molar-refractivity contribution in [1.82, 2.24) is 4.90 Å². The molecule has 1 unspecified atom stereocenters. The number of benzene rings is 1. The van der Waals surface area contributed by atoms with Crippen LogP contribution in [-0.4, -0.2) is 37.6 Å². The maximum atomic E-state index is 5.81. The van der Waals surface area contributed by atoms with Gasteiger partial charge in [-0.3, -0.25) is 4.90 Å². The predicted octanol–water partition coefficient (Wildman–Crippen LogP) is 0.805. The molecule has 4 nitrogen and oxygen atoms in total. The van der Waals surface area contributed by atoms with Crippen molar-refractivity contribution in [2.24, 2.45) is 0 Å². The first kappa shape index (κ1) is 11.1. The second kappa shape index (κ2) is 4.22. The Kier molecular flexibility index (Phi) is 2.92. The van der Waals surface area contributed by atoms with Crippen LogP contribution in [0.2, 0.25) is 0 Å². The van der Waals surface area contributed by atoms with Gasteiger partial charge in [0.25, 0.3) is 0 Å². The zero-order valence-electron chi connectivity index (χ0n) is 9.69. The van der Waals surface area contributed by atoms with Crippen LogP contribution < -0.4 is 16.4 Å². The largest absolute Gasteiger partial charge is 0.397 e. The average Bonchev–Trinajstić information content (AvgIpc) is 2.26. The molecular formula is C12H19N4. The van der Waals surface area contributed by atoms with Crippen molar-refractivity contribution in [2.75, 3.05) is 43.0 Å². The molecular weight excluding hydrogens is 200 g/mol. The fraction of sp³-hybridized carbons (Fsp3) is 0.417. The van der Waals surface area contributed by atoms with Crippen LogP contribution in [0.15, 0.2) is 18.2 Å². The molecule has 4 heteroatoms. The molecule has 2 rings (SSSR count). The van der Waals surface area contributed by atoms with E-state index in [1.54, 1.807) is 0 Å². The smallest absolute Gasteiger partial charge is 0.0568 e. The van der Waals surface area contributed by atoms with Crippen LogP contribution in [0.1, 0.15) is 0 Å². The summed E-state index contributed by atoms with van der Waals surface area (Å²) in [5, 5.41) is 0. The van der Waals surface area contributed by atoms with Crippen LogP contribution in [0, 0.1) is 6.92 Å². The standard InChI is InChI=1S/C12H19N4/c1-9-8-16(6-5-15(9)2)10-3-4-11(13)12(14)7-10/h3-4,7,9H,1,5-6,8,13-14H2,2H3. The van der Waals surface area contributed by atoms with Gasteiger partial charge in [0.1, 0.15) is 0 Å². The Morgan fingerprint density at radius 1 is 1.25 bits per heavy atom. The first-order chi connectivity index (χ1) is 7.58. The molecule has 1 aromatic carbocycles. The van der Waals surface area contributed by atoms with Crippen molar-refractivity contribution < 1.29 is 0 Å². The molecule has 1 fully saturated rings. The van der Waals surface area contributed by atoms with Gasteiger partial charge in [0.2, 0.25) is 0 Å². The van der Waals surface area contributed by atoms with Crippen LogP contribution in [0.5, 0.6) is 0 Å². The molecule has 0 bridgehead atoms. The second-order valence-electron chi connectivity index (χ2n) is 4.39. The topological polar surface area (TPSA) is 58.5 Å². The van der Waals surface area contributed by atoms with Crippen LogP contribution in [0.3, 0.4) is 0 Å². The van der Waals surface area contributed by atoms with Crippen molar-refractivity contribution in [1.29, 1.82) is 0 Å². The third-order valence-electron chi connectivity index (χ3n) is 3.21. The molecule has 4 N–H and O–H groups in total. The van der Waals surface area contributed by atoms with Crippen molar-refractivity contribution in [3.05, 3.63) is 25.1 Å². The summed E-state index contributed by atoms with van der Waals surface area (Å²) in [6.07, 6.45) is 0. The van der Waals surface area contributed by atoms with Crippen LogP contribution in [0.25, 0.3) is 0 Å². The van der Waals surface area contributed by atoms with Gasteiger partial charge in [-0.15, -0.1) is 0 Å². The van der Waals surface area contributed by atoms with Gasteiger partial charge in [-0.05, 0) is 32.2 Å². The summed E-state index contributed by atoms with van der Waals surface area (Å²) in [6.45, 7) is 7.09. The molecule has 1 aliphatic rings. The van der Waals surface area contributed by atoms with E-state index in [1.807, 2.05) is 18.2 Å². The van der Waals surface area contributed by atoms with Crippen molar-refractivity contribution in [3.63, 3.8) is 0 Å². The Morgan fingerprint density at radius 2 is 2.00 bits per heavy atom. The van der Waals surface area contributed by atoms with E-state index in [0.717, 1.165) is 25.3 Å². The predicted molar refractivity (Wildman–Crippen MR) is 69.3 cm³/mol. The second-order valence-corrected chi connectivity index (χ2v) is 4.39. The molecule has 0 saturated carbocycles. The number of hydrogen-bond donors (Lipinski definition) is 2. The van der Waals surface area contributed by atoms with Crippen LogP contribution >= 0.6 is 0 Å². The van der Waals surface area contributed by atoms with Gasteiger partial charge in [0.05, 0.1) is 11.4 Å². The first-order valence-corrected chi connectivity index (χ1v) is 5.51. The van der Waals surface area contributed by atoms with Gasteiger partial charge >= 0.3 is 0 Å². The number of hydrogen-bond acceptors (Lipinski definition) is 4. The highest BCUT2D eigenvalue weighted by Crippen LogP contribution is 2.24. The quantitative estimate of drug-likeness (QED) is 0.686. The van der Waals surface area contributed by atoms with Crippen LogP contribution in [-0.2, 0) is 0 Å². The molecule has 1 aliphatic heterocycles. The Hall–Kier alpha value is -1.42. The highest BCUT2D eigenvalue weighted by Gasteiger charge is 2.20. The van der Waals surface area contributed by atoms with Crippen molar-refractivity contribution >= 4 is 17.1 Å². The van der Waals surface area contributed by atoms with Crippen molar-refractivity contribution in [3.8, 4) is 0 Å². The number of anilines is 3. The van der Waals surface area contributed by atoms with E-state index in [2.05, 4.69) is 23.8 Å². The number of rotatable bonds is 1. The fourth-order valence-corrected chi connectivity index (χ4v) is 1.94. The molecule has 1 radical (unpaired) electrons. The zero-order chi connectivity index (χ0) is 11.7. The summed E-state index contributed by atoms with van der Waals surface area (Å²) in [4.78, 5) is 4.56. The normalized spacial score (nSPS) is 22.4. The van der Waals surface area contributed by atoms with Crippen molar-refractivity contribution in [2.45, 2.75) is 6.04 Å². The number of nitrogens with zero attached hydrogens (tertiary/aromatic N) is 2. The Labute approximate surface area is 96.8 Å². The van der Waals surface area contributed by atoms with E-state index in [1.165, 1.54) is 0 Å². The highest BCUT2D eigenvalue weighted by atomic mass is 15.3. The van der Waals surface area contributed by atoms with Gasteiger partial charge in [-0.1, -0.05) is 0 Å². The van der Waals surface area contributed by atoms with E-state index in [-0.39, 0.29) is 0 Å². The summed E-state index contributed by atoms with van der Waals surface area (Å²) >= 11 is 0. The average molecular weight is 219 g/mol. The minimum absolute atomic E-state index is 0.326. The number of piperazine rings is 1. The zero-order valence-corrected chi connectivity index (χ0v) is 9.69. The van der Waals surface area contributed by atoms with Gasteiger partial charge in [-0.2, -0.15) is 0 Å². The van der Waals surface area contributed by atoms with E-state index >= 15 is 0 Å². The lowest BCUT2D eigenvalue weighted by Gasteiger charge is -2.39. The van der Waals surface area contributed by atoms with E-state index in [0.29, 0.717) is 17.4 Å². The lowest BCUT2D eigenvalue weighted by atomic mass is 10.1. The monoisotopic (exact) mass is 219 g/mol. The third kappa shape index (κ3) is 2.07. The Bertz CT molecular complexity index is 377. The Morgan fingerprint density at radius 3 is 2.62 bits per heavy atom. The maximum absolute atomic E-state index is 5.81. The lowest BCUT2D eigenvalue weighted by Crippen LogP contribution is -2.50. The summed E-state index contributed by atoms with van der Waals surface area (Å²) in [6, 6.07) is 6.14. The molecule has 0 aromatic heterocycles. The summed E-state index contributed by atoms with van der Waals surface area (Å²) in [7, 11) is 2.10. The van der Waals surface area contributed by atoms with Gasteiger partial charge < -0.3 is 16.4 Å². The first-order valence-electron chi connectivity index (χ1n) is 5.51. The SMILES string of the molecule is [CH2]C1CN(c2ccc(N)c(N)c2)CCN1C. The summed E-state index contributed by atoms with van der Waals surface area (Å²) < 4.78 is 0. The fourth-order valence-electron chi connectivity index (χ4n) is 1.94. The van der Waals surface area contributed by atoms with Gasteiger partial charge in [-0.25, -0.2) is 0 Å². The number of nitrogen functional groups attached to an aromatic ring is 2. The molecule has 1 atom stereocenters. The Balaban J connectivity index is 2.15. The summed E-state index contributed by atoms with van der Waals surface area (Å²) in [5.41, 5.74) is 13.9. The van der Waals surface area contributed by atoms with E-state index in [4.69, 9.17) is 11.5 Å². The third-order valence-corrected chi connectivity index (χ3v) is 3.21. The summed E-state index contributed by atoms with van der Waals surface area (Å²) in [5.74, 6) is 0. The van der Waals surface area contributed by atoms with E-state index < -0.39 is 0 Å². The van der Waals surface area contributed by atoms with E-state index in [9.17, 15) is 0 Å². The number of nitrogens with two attached hydrogens (primary N) is 2. The number of likely N-dealkylation sites (N-methyl/N-ethyl adjacent to an activating group) is 1. The molecule has 1 heterocycles. The molecule has 1 saturated heterocycles. The molecule has 87 valence electrons. The van der Waals surface area contributed by atoms with Gasteiger partial charge in [0, 0.05) is 31.4 Å². The minimum Gasteiger partial charge on any atom is -0.397 e. The molecule has 1 aromatic rings. The molecule has 0 amide bonds. The van der Waals surface area contributed by atoms with Gasteiger partial charge in [0.15, 0.2) is 0 Å². The highest BCUT2D eigenvalue weighted by molar-refractivity contribution is 5.70. The maximum Gasteiger partial charge on any atom is 0.0568 e. The minimum atomic E-state index is 0.326.